The van der Waals surface area contributed by atoms with Gasteiger partial charge in [-0.2, -0.15) is 0 Å². The lowest BCUT2D eigenvalue weighted by molar-refractivity contribution is -0.384. The van der Waals surface area contributed by atoms with Crippen LogP contribution in [0.2, 0.25) is 0 Å². The molecule has 0 fully saturated rings. The van der Waals surface area contributed by atoms with E-state index < -0.39 is 10.9 Å². The van der Waals surface area contributed by atoms with Crippen molar-refractivity contribution in [3.8, 4) is 0 Å². The Morgan fingerprint density at radius 1 is 1.26 bits per heavy atom. The number of benzene rings is 2. The topological polar surface area (TPSA) is 93.3 Å². The van der Waals surface area contributed by atoms with Crippen LogP contribution in [0.1, 0.15) is 15.9 Å². The van der Waals surface area contributed by atoms with Crippen LogP contribution in [0.15, 0.2) is 46.8 Å². The second-order valence-electron chi connectivity index (χ2n) is 4.68. The Morgan fingerprint density at radius 2 is 2.00 bits per heavy atom. The monoisotopic (exact) mass is 346 g/mol. The summed E-state index contributed by atoms with van der Waals surface area (Å²) < 4.78 is 1.60. The van der Waals surface area contributed by atoms with E-state index in [9.17, 15) is 14.9 Å². The zero-order valence-electron chi connectivity index (χ0n) is 11.6. The fraction of sp³-hybridized carbons (Fsp3) is 0.0667. The van der Waals surface area contributed by atoms with E-state index in [1.54, 1.807) is 30.3 Å². The fourth-order valence-electron chi connectivity index (χ4n) is 1.96. The third kappa shape index (κ3) is 3.49. The van der Waals surface area contributed by atoms with Gasteiger partial charge in [0, 0.05) is 17.9 Å². The molecular weight excluding hydrogens is 336 g/mol. The van der Waals surface area contributed by atoms with E-state index in [1.165, 1.54) is 35.2 Å². The number of rotatable bonds is 5. The van der Waals surface area contributed by atoms with Gasteiger partial charge in [0.05, 0.1) is 20.7 Å². The minimum atomic E-state index is -0.947. The molecule has 1 heterocycles. The maximum atomic E-state index is 10.8. The van der Waals surface area contributed by atoms with Crippen molar-refractivity contribution >= 4 is 45.0 Å². The van der Waals surface area contributed by atoms with Crippen molar-refractivity contribution in [2.24, 2.45) is 0 Å². The Morgan fingerprint density at radius 3 is 2.65 bits per heavy atom. The SMILES string of the molecule is O=C(O)c1ccc(CSc2nc3ccc([N+](=O)[O-])cc3s2)cc1. The zero-order valence-corrected chi connectivity index (χ0v) is 13.3. The molecule has 0 bridgehead atoms. The van der Waals surface area contributed by atoms with Gasteiger partial charge in [0.15, 0.2) is 4.34 Å². The zero-order chi connectivity index (χ0) is 16.4. The number of aromatic nitrogens is 1. The predicted octanol–water partition coefficient (Wildman–Crippen LogP) is 4.20. The summed E-state index contributed by atoms with van der Waals surface area (Å²) in [5.74, 6) is -0.293. The molecule has 23 heavy (non-hydrogen) atoms. The van der Waals surface area contributed by atoms with Crippen LogP contribution in [0.4, 0.5) is 5.69 Å². The largest absolute Gasteiger partial charge is 0.478 e. The van der Waals surface area contributed by atoms with Crippen molar-refractivity contribution in [2.75, 3.05) is 0 Å². The van der Waals surface area contributed by atoms with Gasteiger partial charge in [-0.05, 0) is 23.8 Å². The van der Waals surface area contributed by atoms with E-state index >= 15 is 0 Å². The summed E-state index contributed by atoms with van der Waals surface area (Å²) in [7, 11) is 0. The minimum absolute atomic E-state index is 0.0574. The molecule has 0 aliphatic carbocycles. The van der Waals surface area contributed by atoms with Crippen molar-refractivity contribution in [3.05, 3.63) is 63.7 Å². The number of carbonyl (C=O) groups is 1. The van der Waals surface area contributed by atoms with Crippen LogP contribution in [-0.4, -0.2) is 21.0 Å². The summed E-state index contributed by atoms with van der Waals surface area (Å²) in [4.78, 5) is 25.6. The molecule has 0 aliphatic rings. The molecule has 1 aromatic heterocycles. The highest BCUT2D eigenvalue weighted by molar-refractivity contribution is 8.00. The number of nitrogens with zero attached hydrogens (tertiary/aromatic N) is 2. The lowest BCUT2D eigenvalue weighted by Crippen LogP contribution is -1.95. The molecule has 0 radical (unpaired) electrons. The molecule has 0 amide bonds. The number of carboxylic acid groups (broad SMARTS) is 1. The summed E-state index contributed by atoms with van der Waals surface area (Å²) in [6.07, 6.45) is 0. The highest BCUT2D eigenvalue weighted by Crippen LogP contribution is 2.33. The smallest absolute Gasteiger partial charge is 0.335 e. The average Bonchev–Trinajstić information content (AvgIpc) is 2.95. The molecule has 116 valence electrons. The number of nitro benzene ring substituents is 1. The van der Waals surface area contributed by atoms with Crippen molar-refractivity contribution < 1.29 is 14.8 Å². The van der Waals surface area contributed by atoms with E-state index in [-0.39, 0.29) is 11.3 Å². The Kier molecular flexibility index (Phi) is 4.26. The average molecular weight is 346 g/mol. The third-order valence-electron chi connectivity index (χ3n) is 3.13. The molecule has 3 aromatic rings. The predicted molar refractivity (Wildman–Crippen MR) is 89.2 cm³/mol. The van der Waals surface area contributed by atoms with Crippen molar-refractivity contribution in [1.29, 1.82) is 0 Å². The van der Waals surface area contributed by atoms with Crippen LogP contribution in [0.5, 0.6) is 0 Å². The quantitative estimate of drug-likeness (QED) is 0.423. The molecule has 6 nitrogen and oxygen atoms in total. The summed E-state index contributed by atoms with van der Waals surface area (Å²) >= 11 is 2.93. The Labute approximate surface area is 138 Å². The van der Waals surface area contributed by atoms with Crippen molar-refractivity contribution in [2.45, 2.75) is 10.1 Å². The molecular formula is C15H10N2O4S2. The van der Waals surface area contributed by atoms with Crippen LogP contribution in [0.3, 0.4) is 0 Å². The Bertz CT molecular complexity index is 890. The Balaban J connectivity index is 1.74. The fourth-order valence-corrected chi connectivity index (χ4v) is 4.01. The number of thiazole rings is 1. The first-order valence-corrected chi connectivity index (χ1v) is 8.33. The third-order valence-corrected chi connectivity index (χ3v) is 5.36. The van der Waals surface area contributed by atoms with Gasteiger partial charge in [-0.3, -0.25) is 10.1 Å². The van der Waals surface area contributed by atoms with E-state index in [0.29, 0.717) is 5.75 Å². The maximum absolute atomic E-state index is 10.8. The molecule has 0 saturated heterocycles. The standard InChI is InChI=1S/C15H10N2O4S2/c18-14(19)10-3-1-9(2-4-10)8-22-15-16-12-6-5-11(17(20)21)7-13(12)23-15/h1-7H,8H2,(H,18,19). The number of carboxylic acids is 1. The minimum Gasteiger partial charge on any atom is -0.478 e. The van der Waals surface area contributed by atoms with Gasteiger partial charge in [-0.25, -0.2) is 9.78 Å². The van der Waals surface area contributed by atoms with Gasteiger partial charge >= 0.3 is 5.97 Å². The lowest BCUT2D eigenvalue weighted by Gasteiger charge is -1.99. The molecule has 8 heteroatoms. The molecule has 3 rings (SSSR count). The number of non-ortho nitro benzene ring substituents is 1. The van der Waals surface area contributed by atoms with E-state index in [1.807, 2.05) is 0 Å². The molecule has 2 aromatic carbocycles. The normalized spacial score (nSPS) is 10.8. The molecule has 1 N–H and O–H groups in total. The van der Waals surface area contributed by atoms with Gasteiger partial charge in [0.2, 0.25) is 0 Å². The molecule has 0 spiro atoms. The summed E-state index contributed by atoms with van der Waals surface area (Å²) in [5.41, 5.74) is 2.04. The van der Waals surface area contributed by atoms with Crippen molar-refractivity contribution in [1.82, 2.24) is 4.98 Å². The van der Waals surface area contributed by atoms with Crippen LogP contribution >= 0.6 is 23.1 Å². The summed E-state index contributed by atoms with van der Waals surface area (Å²) in [6, 6.07) is 11.3. The number of hydrogen-bond donors (Lipinski definition) is 1. The first-order valence-electron chi connectivity index (χ1n) is 6.53. The second kappa shape index (κ2) is 6.35. The van der Waals surface area contributed by atoms with Crippen LogP contribution in [-0.2, 0) is 5.75 Å². The summed E-state index contributed by atoms with van der Waals surface area (Å²) in [5, 5.41) is 19.6. The van der Waals surface area contributed by atoms with Crippen LogP contribution in [0.25, 0.3) is 10.2 Å². The maximum Gasteiger partial charge on any atom is 0.335 e. The van der Waals surface area contributed by atoms with Gasteiger partial charge in [0.25, 0.3) is 5.69 Å². The summed E-state index contributed by atoms with van der Waals surface area (Å²) in [6.45, 7) is 0. The number of hydrogen-bond acceptors (Lipinski definition) is 6. The molecule has 0 unspecified atom stereocenters. The van der Waals surface area contributed by atoms with Crippen molar-refractivity contribution in [3.63, 3.8) is 0 Å². The number of nitro groups is 1. The van der Waals surface area contributed by atoms with Gasteiger partial charge in [-0.1, -0.05) is 23.9 Å². The second-order valence-corrected chi connectivity index (χ2v) is 6.93. The number of aromatic carboxylic acids is 1. The number of fused-ring (bicyclic) bond motifs is 1. The highest BCUT2D eigenvalue weighted by Gasteiger charge is 2.11. The van der Waals surface area contributed by atoms with Gasteiger partial charge < -0.3 is 5.11 Å². The lowest BCUT2D eigenvalue weighted by atomic mass is 10.1. The Hall–Kier alpha value is -2.45. The number of thioether (sulfide) groups is 1. The highest BCUT2D eigenvalue weighted by atomic mass is 32.2. The molecule has 0 aliphatic heterocycles. The van der Waals surface area contributed by atoms with Gasteiger partial charge in [0.1, 0.15) is 0 Å². The molecule has 0 saturated carbocycles. The van der Waals surface area contributed by atoms with E-state index in [0.717, 1.165) is 20.1 Å². The van der Waals surface area contributed by atoms with E-state index in [2.05, 4.69) is 4.98 Å². The van der Waals surface area contributed by atoms with Crippen LogP contribution < -0.4 is 0 Å². The first-order chi connectivity index (χ1) is 11.0. The van der Waals surface area contributed by atoms with E-state index in [4.69, 9.17) is 5.11 Å². The van der Waals surface area contributed by atoms with Crippen LogP contribution in [0, 0.1) is 10.1 Å². The first kappa shape index (κ1) is 15.4. The molecule has 0 atom stereocenters. The van der Waals surface area contributed by atoms with Gasteiger partial charge in [-0.15, -0.1) is 11.3 Å².